The maximum Gasteiger partial charge on any atom is 0.429 e. The molecule has 3 atom stereocenters. The van der Waals surface area contributed by atoms with Gasteiger partial charge in [-0.2, -0.15) is 26.3 Å². The van der Waals surface area contributed by atoms with Gasteiger partial charge in [-0.05, 0) is 67.8 Å². The van der Waals surface area contributed by atoms with Crippen molar-refractivity contribution in [2.24, 2.45) is 16.7 Å². The first-order chi connectivity index (χ1) is 12.3. The fraction of sp³-hybridized carbons (Fsp3) is 0.789. The first-order valence-electron chi connectivity index (χ1n) is 9.20. The average molecular weight is 398 g/mol. The van der Waals surface area contributed by atoms with Crippen molar-refractivity contribution in [3.63, 3.8) is 0 Å². The summed E-state index contributed by atoms with van der Waals surface area (Å²) in [6.45, 7) is 2.05. The Hall–Kier alpha value is -1.02. The lowest BCUT2D eigenvalue weighted by Crippen LogP contribution is -2.55. The number of aliphatic hydroxyl groups is 2. The summed E-state index contributed by atoms with van der Waals surface area (Å²) in [5, 5.41) is 19.5. The zero-order valence-corrected chi connectivity index (χ0v) is 15.0. The van der Waals surface area contributed by atoms with E-state index in [1.165, 1.54) is 0 Å². The van der Waals surface area contributed by atoms with E-state index in [9.17, 15) is 36.6 Å². The second kappa shape index (κ2) is 6.24. The molecule has 2 nitrogen and oxygen atoms in total. The van der Waals surface area contributed by atoms with Crippen molar-refractivity contribution in [2.75, 3.05) is 0 Å². The first kappa shape index (κ1) is 20.7. The molecular formula is C19H24F6O2. The third-order valence-electron chi connectivity index (χ3n) is 6.83. The van der Waals surface area contributed by atoms with Gasteiger partial charge in [-0.25, -0.2) is 0 Å². The molecule has 8 heteroatoms. The Morgan fingerprint density at radius 3 is 2.22 bits per heavy atom. The summed E-state index contributed by atoms with van der Waals surface area (Å²) in [5.74, 6) is 0.0602. The molecule has 2 N–H and O–H groups in total. The van der Waals surface area contributed by atoms with Crippen LogP contribution in [0.15, 0.2) is 23.8 Å². The van der Waals surface area contributed by atoms with Gasteiger partial charge in [0, 0.05) is 0 Å². The fourth-order valence-electron chi connectivity index (χ4n) is 5.08. The summed E-state index contributed by atoms with van der Waals surface area (Å²) >= 11 is 0. The smallest absolute Gasteiger partial charge is 0.393 e. The summed E-state index contributed by atoms with van der Waals surface area (Å²) in [6.07, 6.45) is -4.88. The SMILES string of the molecule is C[C@]12CCC[C@H](O)C1CC=C2C1(C/C=C/C(O)(C(F)(F)F)C(F)(F)F)CC1. The van der Waals surface area contributed by atoms with E-state index in [4.69, 9.17) is 0 Å². The van der Waals surface area contributed by atoms with E-state index in [0.29, 0.717) is 19.3 Å². The van der Waals surface area contributed by atoms with Crippen LogP contribution >= 0.6 is 0 Å². The Morgan fingerprint density at radius 1 is 1.11 bits per heavy atom. The van der Waals surface area contributed by atoms with E-state index < -0.39 is 29.5 Å². The summed E-state index contributed by atoms with van der Waals surface area (Å²) in [7, 11) is 0. The lowest BCUT2D eigenvalue weighted by atomic mass is 9.62. The number of rotatable bonds is 4. The maximum absolute atomic E-state index is 12.8. The summed E-state index contributed by atoms with van der Waals surface area (Å²) in [4.78, 5) is 0. The minimum atomic E-state index is -5.84. The van der Waals surface area contributed by atoms with Gasteiger partial charge in [-0.15, -0.1) is 0 Å². The molecule has 0 heterocycles. The van der Waals surface area contributed by atoms with Crippen molar-refractivity contribution < 1.29 is 36.6 Å². The third-order valence-corrected chi connectivity index (χ3v) is 6.83. The van der Waals surface area contributed by atoms with Crippen molar-refractivity contribution >= 4 is 0 Å². The third kappa shape index (κ3) is 3.22. The monoisotopic (exact) mass is 398 g/mol. The quantitative estimate of drug-likeness (QED) is 0.513. The molecule has 0 saturated heterocycles. The zero-order chi connectivity index (χ0) is 20.3. The van der Waals surface area contributed by atoms with Crippen LogP contribution in [0.4, 0.5) is 26.3 Å². The van der Waals surface area contributed by atoms with Gasteiger partial charge in [-0.1, -0.05) is 24.6 Å². The van der Waals surface area contributed by atoms with Crippen LogP contribution in [0, 0.1) is 16.7 Å². The Labute approximate surface area is 153 Å². The second-order valence-electron chi connectivity index (χ2n) is 8.49. The minimum absolute atomic E-state index is 0.0196. The lowest BCUT2D eigenvalue weighted by Gasteiger charge is -2.44. The van der Waals surface area contributed by atoms with Crippen molar-refractivity contribution in [1.29, 1.82) is 0 Å². The Bertz CT molecular complexity index is 630. The van der Waals surface area contributed by atoms with Crippen LogP contribution in [-0.4, -0.2) is 34.3 Å². The molecular weight excluding hydrogens is 374 g/mol. The van der Waals surface area contributed by atoms with Crippen LogP contribution < -0.4 is 0 Å². The van der Waals surface area contributed by atoms with Gasteiger partial charge >= 0.3 is 12.4 Å². The van der Waals surface area contributed by atoms with E-state index in [1.54, 1.807) is 0 Å². The van der Waals surface area contributed by atoms with Gasteiger partial charge < -0.3 is 10.2 Å². The molecule has 0 aromatic carbocycles. The van der Waals surface area contributed by atoms with Crippen LogP contribution in [-0.2, 0) is 0 Å². The van der Waals surface area contributed by atoms with Gasteiger partial charge in [0.25, 0.3) is 5.60 Å². The fourth-order valence-corrected chi connectivity index (χ4v) is 5.08. The van der Waals surface area contributed by atoms with Crippen LogP contribution in [0.2, 0.25) is 0 Å². The molecule has 154 valence electrons. The van der Waals surface area contributed by atoms with Gasteiger partial charge in [0.15, 0.2) is 0 Å². The maximum atomic E-state index is 12.8. The number of hydrogen-bond acceptors (Lipinski definition) is 2. The molecule has 1 unspecified atom stereocenters. The summed E-state index contributed by atoms with van der Waals surface area (Å²) < 4.78 is 76.8. The van der Waals surface area contributed by atoms with Crippen LogP contribution in [0.3, 0.4) is 0 Å². The number of hydrogen-bond donors (Lipinski definition) is 2. The standard InChI is InChI=1S/C19H24F6O2/c1-15-7-2-4-13(26)12(15)5-6-14(15)16(10-11-16)8-3-9-17(27,18(20,21)22)19(23,24)25/h3,6,9,12-13,26-27H,2,4-5,7-8,10-11H2,1H3/b9-3+/t12?,13-,15-/m0/s1. The number of aliphatic hydroxyl groups excluding tert-OH is 1. The van der Waals surface area contributed by atoms with E-state index in [0.717, 1.165) is 30.9 Å². The van der Waals surface area contributed by atoms with Crippen LogP contribution in [0.25, 0.3) is 0 Å². The number of allylic oxidation sites excluding steroid dienone is 3. The molecule has 0 aliphatic heterocycles. The second-order valence-corrected chi connectivity index (χ2v) is 8.49. The normalized spacial score (nSPS) is 33.9. The van der Waals surface area contributed by atoms with E-state index in [1.807, 2.05) is 13.0 Å². The van der Waals surface area contributed by atoms with Crippen molar-refractivity contribution in [2.45, 2.75) is 75.9 Å². The van der Waals surface area contributed by atoms with Gasteiger partial charge in [0.05, 0.1) is 6.10 Å². The van der Waals surface area contributed by atoms with Gasteiger partial charge in [0.1, 0.15) is 0 Å². The highest BCUT2D eigenvalue weighted by Crippen LogP contribution is 2.66. The molecule has 0 spiro atoms. The summed E-state index contributed by atoms with van der Waals surface area (Å²) in [6, 6.07) is 0. The summed E-state index contributed by atoms with van der Waals surface area (Å²) in [5.41, 5.74) is -4.49. The van der Waals surface area contributed by atoms with Crippen molar-refractivity contribution in [1.82, 2.24) is 0 Å². The Balaban J connectivity index is 1.79. The molecule has 3 aliphatic rings. The number of alkyl halides is 6. The molecule has 3 aliphatic carbocycles. The first-order valence-corrected chi connectivity index (χ1v) is 9.20. The van der Waals surface area contributed by atoms with Crippen molar-refractivity contribution in [3.05, 3.63) is 23.8 Å². The lowest BCUT2D eigenvalue weighted by molar-refractivity contribution is -0.347. The minimum Gasteiger partial charge on any atom is -0.393 e. The van der Waals surface area contributed by atoms with Crippen LogP contribution in [0.5, 0.6) is 0 Å². The largest absolute Gasteiger partial charge is 0.429 e. The Kier molecular flexibility index (Phi) is 4.79. The number of halogens is 6. The molecule has 0 radical (unpaired) electrons. The highest BCUT2D eigenvalue weighted by molar-refractivity contribution is 5.35. The highest BCUT2D eigenvalue weighted by atomic mass is 19.4. The van der Waals surface area contributed by atoms with Gasteiger partial charge in [0.2, 0.25) is 0 Å². The molecule has 3 rings (SSSR count). The van der Waals surface area contributed by atoms with Crippen molar-refractivity contribution in [3.8, 4) is 0 Å². The molecule has 0 aromatic heterocycles. The Morgan fingerprint density at radius 2 is 1.70 bits per heavy atom. The van der Waals surface area contributed by atoms with E-state index >= 15 is 0 Å². The number of fused-ring (bicyclic) bond motifs is 1. The molecule has 0 bridgehead atoms. The molecule has 0 amide bonds. The van der Waals surface area contributed by atoms with Gasteiger partial charge in [-0.3, -0.25) is 0 Å². The predicted octanol–water partition coefficient (Wildman–Crippen LogP) is 5.07. The molecule has 0 aromatic rings. The molecule has 27 heavy (non-hydrogen) atoms. The molecule has 2 saturated carbocycles. The highest BCUT2D eigenvalue weighted by Gasteiger charge is 2.69. The van der Waals surface area contributed by atoms with Crippen LogP contribution in [0.1, 0.15) is 51.9 Å². The average Bonchev–Trinajstić information content (AvgIpc) is 3.19. The zero-order valence-electron chi connectivity index (χ0n) is 15.0. The molecule has 2 fully saturated rings. The topological polar surface area (TPSA) is 40.5 Å². The predicted molar refractivity (Wildman–Crippen MR) is 86.6 cm³/mol. The van der Waals surface area contributed by atoms with E-state index in [-0.39, 0.29) is 23.8 Å². The van der Waals surface area contributed by atoms with E-state index in [2.05, 4.69) is 0 Å².